The van der Waals surface area contributed by atoms with Gasteiger partial charge in [0.15, 0.2) is 5.78 Å². The molecule has 1 N–H and O–H groups in total. The number of carbonyl (C=O) groups excluding carboxylic acids is 1. The molecule has 2 nitrogen and oxygen atoms in total. The third kappa shape index (κ3) is 1.25. The number of nitrogens with one attached hydrogen (secondary N) is 1. The molecule has 1 spiro atoms. The summed E-state index contributed by atoms with van der Waals surface area (Å²) in [6, 6.07) is 8.15. The summed E-state index contributed by atoms with van der Waals surface area (Å²) in [4.78, 5) is 11.9. The molecule has 0 atom stereocenters. The largest absolute Gasteiger partial charge is 0.317 e. The van der Waals surface area contributed by atoms with Crippen LogP contribution >= 0.6 is 0 Å². The highest BCUT2D eigenvalue weighted by Crippen LogP contribution is 2.44. The van der Waals surface area contributed by atoms with Gasteiger partial charge in [-0.05, 0) is 31.5 Å². The predicted molar refractivity (Wildman–Crippen MR) is 59.2 cm³/mol. The van der Waals surface area contributed by atoms with E-state index in [9.17, 15) is 4.79 Å². The van der Waals surface area contributed by atoms with Crippen LogP contribution in [-0.2, 0) is 5.41 Å². The fourth-order valence-corrected chi connectivity index (χ4v) is 3.04. The third-order valence-electron chi connectivity index (χ3n) is 3.86. The Hall–Kier alpha value is -1.15. The zero-order chi connectivity index (χ0) is 10.3. The van der Waals surface area contributed by atoms with Gasteiger partial charge in [-0.15, -0.1) is 0 Å². The average Bonchev–Trinajstić information content (AvgIpc) is 2.55. The Morgan fingerprint density at radius 3 is 2.67 bits per heavy atom. The molecule has 0 aromatic heterocycles. The van der Waals surface area contributed by atoms with Crippen molar-refractivity contribution in [2.24, 2.45) is 0 Å². The predicted octanol–water partition coefficient (Wildman–Crippen LogP) is 1.89. The van der Waals surface area contributed by atoms with Gasteiger partial charge in [-0.3, -0.25) is 4.79 Å². The third-order valence-corrected chi connectivity index (χ3v) is 3.86. The Balaban J connectivity index is 2.10. The van der Waals surface area contributed by atoms with Crippen molar-refractivity contribution in [2.45, 2.75) is 24.7 Å². The van der Waals surface area contributed by atoms with E-state index in [0.29, 0.717) is 5.78 Å². The molecule has 0 unspecified atom stereocenters. The van der Waals surface area contributed by atoms with Crippen LogP contribution in [0.25, 0.3) is 0 Å². The molecule has 0 amide bonds. The van der Waals surface area contributed by atoms with Crippen molar-refractivity contribution < 1.29 is 4.79 Å². The zero-order valence-electron chi connectivity index (χ0n) is 8.75. The van der Waals surface area contributed by atoms with E-state index in [-0.39, 0.29) is 5.41 Å². The normalized spacial score (nSPS) is 23.1. The van der Waals surface area contributed by atoms with E-state index in [4.69, 9.17) is 0 Å². The molecule has 3 rings (SSSR count). The topological polar surface area (TPSA) is 29.1 Å². The van der Waals surface area contributed by atoms with Gasteiger partial charge >= 0.3 is 0 Å². The lowest BCUT2D eigenvalue weighted by molar-refractivity contribution is 0.0964. The minimum Gasteiger partial charge on any atom is -0.317 e. The van der Waals surface area contributed by atoms with Crippen molar-refractivity contribution in [3.8, 4) is 0 Å². The van der Waals surface area contributed by atoms with Crippen LogP contribution in [-0.4, -0.2) is 18.9 Å². The Morgan fingerprint density at radius 1 is 1.13 bits per heavy atom. The van der Waals surface area contributed by atoms with Crippen LogP contribution in [0.1, 0.15) is 35.2 Å². The van der Waals surface area contributed by atoms with E-state index in [1.807, 2.05) is 12.1 Å². The van der Waals surface area contributed by atoms with Crippen LogP contribution in [0.4, 0.5) is 0 Å². The summed E-state index contributed by atoms with van der Waals surface area (Å²) < 4.78 is 0. The van der Waals surface area contributed by atoms with E-state index < -0.39 is 0 Å². The summed E-state index contributed by atoms with van der Waals surface area (Å²) in [5.41, 5.74) is 2.44. The fourth-order valence-electron chi connectivity index (χ4n) is 3.04. The molecule has 1 aromatic rings. The molecule has 0 bridgehead atoms. The quantitative estimate of drug-likeness (QED) is 0.694. The Bertz CT molecular complexity index is 405. The average molecular weight is 201 g/mol. The van der Waals surface area contributed by atoms with Crippen molar-refractivity contribution in [3.63, 3.8) is 0 Å². The number of rotatable bonds is 0. The van der Waals surface area contributed by atoms with Gasteiger partial charge in [0, 0.05) is 17.4 Å². The lowest BCUT2D eigenvalue weighted by atomic mass is 9.74. The highest BCUT2D eigenvalue weighted by atomic mass is 16.1. The summed E-state index contributed by atoms with van der Waals surface area (Å²) in [5, 5.41) is 3.37. The van der Waals surface area contributed by atoms with Gasteiger partial charge in [-0.25, -0.2) is 0 Å². The van der Waals surface area contributed by atoms with Crippen molar-refractivity contribution in [1.29, 1.82) is 0 Å². The first kappa shape index (κ1) is 9.10. The highest BCUT2D eigenvalue weighted by Gasteiger charge is 2.43. The van der Waals surface area contributed by atoms with Gasteiger partial charge in [0.2, 0.25) is 0 Å². The van der Waals surface area contributed by atoms with E-state index in [0.717, 1.165) is 37.9 Å². The highest BCUT2D eigenvalue weighted by molar-refractivity contribution is 6.02. The SMILES string of the molecule is O=C1CC2(CCNCC2)c2ccccc21. The molecule has 1 heterocycles. The smallest absolute Gasteiger partial charge is 0.164 e. The van der Waals surface area contributed by atoms with Crippen molar-refractivity contribution in [3.05, 3.63) is 35.4 Å². The second kappa shape index (κ2) is 3.17. The zero-order valence-corrected chi connectivity index (χ0v) is 8.75. The van der Waals surface area contributed by atoms with E-state index in [1.165, 1.54) is 5.56 Å². The maximum Gasteiger partial charge on any atom is 0.164 e. The maximum atomic E-state index is 11.9. The van der Waals surface area contributed by atoms with Crippen LogP contribution in [0, 0.1) is 0 Å². The van der Waals surface area contributed by atoms with Gasteiger partial charge in [-0.2, -0.15) is 0 Å². The van der Waals surface area contributed by atoms with Crippen LogP contribution in [0.3, 0.4) is 0 Å². The summed E-state index contributed by atoms with van der Waals surface area (Å²) in [6.07, 6.45) is 2.94. The molecule has 1 aliphatic heterocycles. The minimum atomic E-state index is 0.166. The lowest BCUT2D eigenvalue weighted by Crippen LogP contribution is -2.38. The van der Waals surface area contributed by atoms with Gasteiger partial charge in [0.05, 0.1) is 0 Å². The second-order valence-corrected chi connectivity index (χ2v) is 4.68. The standard InChI is InChI=1S/C13H15NO/c15-12-9-13(5-7-14-8-6-13)11-4-2-1-3-10(11)12/h1-4,14H,5-9H2. The van der Waals surface area contributed by atoms with Crippen molar-refractivity contribution >= 4 is 5.78 Å². The maximum absolute atomic E-state index is 11.9. The first-order valence-corrected chi connectivity index (χ1v) is 5.65. The molecular formula is C13H15NO. The summed E-state index contributed by atoms with van der Waals surface area (Å²) in [6.45, 7) is 2.09. The molecule has 0 saturated carbocycles. The van der Waals surface area contributed by atoms with Crippen molar-refractivity contribution in [1.82, 2.24) is 5.32 Å². The molecule has 78 valence electrons. The van der Waals surface area contributed by atoms with Gasteiger partial charge in [0.1, 0.15) is 0 Å². The van der Waals surface area contributed by atoms with Gasteiger partial charge in [0.25, 0.3) is 0 Å². The van der Waals surface area contributed by atoms with Gasteiger partial charge in [-0.1, -0.05) is 24.3 Å². The lowest BCUT2D eigenvalue weighted by Gasteiger charge is -2.34. The number of carbonyl (C=O) groups is 1. The number of hydrogen-bond acceptors (Lipinski definition) is 2. The van der Waals surface area contributed by atoms with Crippen LogP contribution in [0.15, 0.2) is 24.3 Å². The number of ketones is 1. The molecule has 1 aliphatic carbocycles. The molecule has 0 radical (unpaired) electrons. The molecular weight excluding hydrogens is 186 g/mol. The second-order valence-electron chi connectivity index (χ2n) is 4.68. The first-order chi connectivity index (χ1) is 7.32. The Kier molecular flexibility index (Phi) is 1.93. The molecule has 2 heteroatoms. The molecule has 1 aromatic carbocycles. The molecule has 1 saturated heterocycles. The Morgan fingerprint density at radius 2 is 1.87 bits per heavy atom. The minimum absolute atomic E-state index is 0.166. The van der Waals surface area contributed by atoms with E-state index in [2.05, 4.69) is 17.4 Å². The van der Waals surface area contributed by atoms with E-state index >= 15 is 0 Å². The Labute approximate surface area is 89.7 Å². The number of Topliss-reactive ketones (excluding diaryl/α,β-unsaturated/α-hetero) is 1. The monoisotopic (exact) mass is 201 g/mol. The number of benzene rings is 1. The van der Waals surface area contributed by atoms with Crippen molar-refractivity contribution in [2.75, 3.05) is 13.1 Å². The van der Waals surface area contributed by atoms with Gasteiger partial charge < -0.3 is 5.32 Å². The summed E-state index contributed by atoms with van der Waals surface area (Å²) in [5.74, 6) is 0.340. The molecule has 1 fully saturated rings. The molecule has 2 aliphatic rings. The first-order valence-electron chi connectivity index (χ1n) is 5.65. The number of fused-ring (bicyclic) bond motifs is 2. The summed E-state index contributed by atoms with van der Waals surface area (Å²) >= 11 is 0. The van der Waals surface area contributed by atoms with Crippen LogP contribution in [0.5, 0.6) is 0 Å². The van der Waals surface area contributed by atoms with Crippen LogP contribution < -0.4 is 5.32 Å². The number of hydrogen-bond donors (Lipinski definition) is 1. The number of piperidine rings is 1. The van der Waals surface area contributed by atoms with E-state index in [1.54, 1.807) is 0 Å². The summed E-state index contributed by atoms with van der Waals surface area (Å²) in [7, 11) is 0. The van der Waals surface area contributed by atoms with Crippen LogP contribution in [0.2, 0.25) is 0 Å². The fraction of sp³-hybridized carbons (Fsp3) is 0.462. The molecule has 15 heavy (non-hydrogen) atoms.